The molecule has 1 unspecified atom stereocenters. The number of hydrogen-bond donors (Lipinski definition) is 2. The summed E-state index contributed by atoms with van der Waals surface area (Å²) in [4.78, 5) is 0. The minimum Gasteiger partial charge on any atom is -0.271 e. The van der Waals surface area contributed by atoms with Crippen LogP contribution >= 0.6 is 43.2 Å². The van der Waals surface area contributed by atoms with E-state index in [-0.39, 0.29) is 11.9 Å². The topological polar surface area (TPSA) is 38.0 Å². The van der Waals surface area contributed by atoms with Gasteiger partial charge in [-0.25, -0.2) is 9.82 Å². The summed E-state index contributed by atoms with van der Waals surface area (Å²) in [7, 11) is 0. The molecule has 1 aromatic heterocycles. The van der Waals surface area contributed by atoms with Crippen LogP contribution in [0.2, 0.25) is 0 Å². The SMILES string of the molecule is NNC(c1cc(Br)ccc1F)c1cscc1Br. The molecule has 17 heavy (non-hydrogen) atoms. The highest BCUT2D eigenvalue weighted by atomic mass is 79.9. The standard InChI is InChI=1S/C11H9Br2FN2S/c12-6-1-2-10(14)7(3-6)11(16-15)8-4-17-5-9(8)13/h1-5,11,16H,15H2. The van der Waals surface area contributed by atoms with Gasteiger partial charge in [0.2, 0.25) is 0 Å². The van der Waals surface area contributed by atoms with E-state index in [4.69, 9.17) is 5.84 Å². The van der Waals surface area contributed by atoms with Crippen LogP contribution in [0.5, 0.6) is 0 Å². The molecule has 0 saturated heterocycles. The molecule has 0 aliphatic rings. The van der Waals surface area contributed by atoms with Crippen molar-refractivity contribution in [2.75, 3.05) is 0 Å². The molecule has 2 rings (SSSR count). The molecule has 0 aliphatic carbocycles. The minimum atomic E-state index is -0.367. The fourth-order valence-electron chi connectivity index (χ4n) is 1.58. The van der Waals surface area contributed by atoms with Crippen LogP contribution < -0.4 is 11.3 Å². The summed E-state index contributed by atoms with van der Waals surface area (Å²) in [6.07, 6.45) is 0. The second-order valence-electron chi connectivity index (χ2n) is 3.44. The third-order valence-corrected chi connectivity index (χ3v) is 4.63. The molecule has 0 spiro atoms. The number of thiophene rings is 1. The van der Waals surface area contributed by atoms with Crippen LogP contribution in [0.15, 0.2) is 37.9 Å². The van der Waals surface area contributed by atoms with Crippen molar-refractivity contribution in [1.29, 1.82) is 0 Å². The van der Waals surface area contributed by atoms with E-state index in [2.05, 4.69) is 37.3 Å². The van der Waals surface area contributed by atoms with Gasteiger partial charge in [0, 0.05) is 19.9 Å². The largest absolute Gasteiger partial charge is 0.271 e. The maximum Gasteiger partial charge on any atom is 0.128 e. The molecule has 90 valence electrons. The molecule has 1 aromatic carbocycles. The van der Waals surface area contributed by atoms with Gasteiger partial charge in [0.25, 0.3) is 0 Å². The second kappa shape index (κ2) is 5.58. The highest BCUT2D eigenvalue weighted by Gasteiger charge is 2.19. The first-order valence-electron chi connectivity index (χ1n) is 4.76. The van der Waals surface area contributed by atoms with Gasteiger partial charge in [-0.1, -0.05) is 15.9 Å². The number of hydrogen-bond acceptors (Lipinski definition) is 3. The molecule has 3 N–H and O–H groups in total. The van der Waals surface area contributed by atoms with Crippen molar-refractivity contribution in [3.05, 3.63) is 54.8 Å². The molecular weight excluding hydrogens is 371 g/mol. The Morgan fingerprint density at radius 1 is 1.24 bits per heavy atom. The molecule has 0 fully saturated rings. The van der Waals surface area contributed by atoms with E-state index in [0.717, 1.165) is 14.5 Å². The maximum absolute atomic E-state index is 13.8. The second-order valence-corrected chi connectivity index (χ2v) is 5.95. The monoisotopic (exact) mass is 378 g/mol. The Balaban J connectivity index is 2.49. The summed E-state index contributed by atoms with van der Waals surface area (Å²) in [5, 5.41) is 3.88. The highest BCUT2D eigenvalue weighted by molar-refractivity contribution is 9.10. The number of halogens is 3. The summed E-state index contributed by atoms with van der Waals surface area (Å²) in [5.41, 5.74) is 4.09. The first kappa shape index (κ1) is 13.2. The normalized spacial score (nSPS) is 12.7. The van der Waals surface area contributed by atoms with Gasteiger partial charge in [-0.2, -0.15) is 11.3 Å². The van der Waals surface area contributed by atoms with Crippen molar-refractivity contribution in [2.45, 2.75) is 6.04 Å². The van der Waals surface area contributed by atoms with Gasteiger partial charge in [0.05, 0.1) is 6.04 Å². The number of benzene rings is 1. The van der Waals surface area contributed by atoms with Gasteiger partial charge in [-0.3, -0.25) is 5.84 Å². The first-order valence-corrected chi connectivity index (χ1v) is 7.29. The minimum absolute atomic E-state index is 0.283. The average molecular weight is 380 g/mol. The molecule has 0 bridgehead atoms. The molecule has 0 saturated carbocycles. The van der Waals surface area contributed by atoms with Crippen LogP contribution in [0, 0.1) is 5.82 Å². The van der Waals surface area contributed by atoms with Gasteiger partial charge < -0.3 is 0 Å². The predicted octanol–water partition coefficient (Wildman–Crippen LogP) is 3.96. The lowest BCUT2D eigenvalue weighted by atomic mass is 10.0. The summed E-state index contributed by atoms with van der Waals surface area (Å²) in [5.74, 6) is 5.25. The van der Waals surface area contributed by atoms with E-state index in [1.54, 1.807) is 12.1 Å². The van der Waals surface area contributed by atoms with E-state index in [1.807, 2.05) is 10.8 Å². The van der Waals surface area contributed by atoms with Gasteiger partial charge >= 0.3 is 0 Å². The van der Waals surface area contributed by atoms with E-state index in [9.17, 15) is 4.39 Å². The molecule has 0 aliphatic heterocycles. The molecule has 0 radical (unpaired) electrons. The Bertz CT molecular complexity index is 530. The summed E-state index contributed by atoms with van der Waals surface area (Å²) in [6.45, 7) is 0. The van der Waals surface area contributed by atoms with E-state index < -0.39 is 0 Å². The Kier molecular flexibility index (Phi) is 4.32. The molecule has 0 amide bonds. The molecule has 1 atom stereocenters. The highest BCUT2D eigenvalue weighted by Crippen LogP contribution is 2.33. The van der Waals surface area contributed by atoms with Crippen molar-refractivity contribution in [3.63, 3.8) is 0 Å². The van der Waals surface area contributed by atoms with E-state index in [0.29, 0.717) is 5.56 Å². The molecule has 1 heterocycles. The molecule has 2 aromatic rings. The average Bonchev–Trinajstić information content (AvgIpc) is 2.71. The van der Waals surface area contributed by atoms with Crippen molar-refractivity contribution in [1.82, 2.24) is 5.43 Å². The summed E-state index contributed by atoms with van der Waals surface area (Å²) in [6, 6.07) is 4.44. The summed E-state index contributed by atoms with van der Waals surface area (Å²) < 4.78 is 15.5. The lowest BCUT2D eigenvalue weighted by Crippen LogP contribution is -2.29. The number of nitrogens with two attached hydrogens (primary N) is 1. The van der Waals surface area contributed by atoms with Crippen LogP contribution in [0.4, 0.5) is 4.39 Å². The predicted molar refractivity (Wildman–Crippen MR) is 75.3 cm³/mol. The lowest BCUT2D eigenvalue weighted by Gasteiger charge is -2.17. The zero-order valence-corrected chi connectivity index (χ0v) is 12.6. The zero-order chi connectivity index (χ0) is 12.4. The van der Waals surface area contributed by atoms with Gasteiger partial charge in [-0.15, -0.1) is 0 Å². The van der Waals surface area contributed by atoms with Gasteiger partial charge in [-0.05, 0) is 45.1 Å². The van der Waals surface area contributed by atoms with Crippen LogP contribution in [-0.2, 0) is 0 Å². The quantitative estimate of drug-likeness (QED) is 0.625. The molecule has 6 heteroatoms. The maximum atomic E-state index is 13.8. The van der Waals surface area contributed by atoms with Crippen LogP contribution in [0.1, 0.15) is 17.2 Å². The van der Waals surface area contributed by atoms with Gasteiger partial charge in [0.1, 0.15) is 5.82 Å². The Morgan fingerprint density at radius 2 is 2.00 bits per heavy atom. The molecular formula is C11H9Br2FN2S. The van der Waals surface area contributed by atoms with Crippen LogP contribution in [-0.4, -0.2) is 0 Å². The zero-order valence-electron chi connectivity index (χ0n) is 8.58. The summed E-state index contributed by atoms with van der Waals surface area (Å²) >= 11 is 8.30. The Morgan fingerprint density at radius 3 is 2.59 bits per heavy atom. The third kappa shape index (κ3) is 2.77. The Hall–Kier alpha value is -0.270. The van der Waals surface area contributed by atoms with Crippen molar-refractivity contribution >= 4 is 43.2 Å². The van der Waals surface area contributed by atoms with Gasteiger partial charge in [0.15, 0.2) is 0 Å². The smallest absolute Gasteiger partial charge is 0.128 e. The van der Waals surface area contributed by atoms with Crippen LogP contribution in [0.3, 0.4) is 0 Å². The van der Waals surface area contributed by atoms with E-state index >= 15 is 0 Å². The fraction of sp³-hybridized carbons (Fsp3) is 0.0909. The van der Waals surface area contributed by atoms with E-state index in [1.165, 1.54) is 17.4 Å². The molecule has 2 nitrogen and oxygen atoms in total. The third-order valence-electron chi connectivity index (χ3n) is 2.39. The number of nitrogens with one attached hydrogen (secondary N) is 1. The number of hydrazine groups is 1. The van der Waals surface area contributed by atoms with Crippen molar-refractivity contribution < 1.29 is 4.39 Å². The van der Waals surface area contributed by atoms with Crippen molar-refractivity contribution in [2.24, 2.45) is 5.84 Å². The van der Waals surface area contributed by atoms with Crippen molar-refractivity contribution in [3.8, 4) is 0 Å². The lowest BCUT2D eigenvalue weighted by molar-refractivity contribution is 0.559. The van der Waals surface area contributed by atoms with Crippen LogP contribution in [0.25, 0.3) is 0 Å². The fourth-order valence-corrected chi connectivity index (χ4v) is 3.51. The Labute approximate surface area is 119 Å². The first-order chi connectivity index (χ1) is 8.13. The number of rotatable bonds is 3.